The number of rotatable bonds is 3. The van der Waals surface area contributed by atoms with Gasteiger partial charge in [0.15, 0.2) is 5.16 Å². The quantitative estimate of drug-likeness (QED) is 0.693. The molecule has 0 unspecified atom stereocenters. The highest BCUT2D eigenvalue weighted by atomic mass is 35.5. The molecule has 0 atom stereocenters. The Bertz CT molecular complexity index is 629. The third kappa shape index (κ3) is 3.42. The number of aromatic nitrogens is 3. The third-order valence-electron chi connectivity index (χ3n) is 2.21. The predicted molar refractivity (Wildman–Crippen MR) is 71.8 cm³/mol. The van der Waals surface area contributed by atoms with Gasteiger partial charge >= 0.3 is 5.97 Å². The summed E-state index contributed by atoms with van der Waals surface area (Å²) in [5.74, 6) is -1.06. The highest BCUT2D eigenvalue weighted by molar-refractivity contribution is 7.99. The summed E-state index contributed by atoms with van der Waals surface area (Å²) in [4.78, 5) is 23.6. The lowest BCUT2D eigenvalue weighted by molar-refractivity contribution is 0.0692. The van der Waals surface area contributed by atoms with Gasteiger partial charge in [-0.2, -0.15) is 0 Å². The number of pyridine rings is 1. The van der Waals surface area contributed by atoms with Crippen LogP contribution in [0.1, 0.15) is 21.7 Å². The third-order valence-corrected chi connectivity index (χ3v) is 3.29. The van der Waals surface area contributed by atoms with Crippen molar-refractivity contribution < 1.29 is 9.90 Å². The average molecular weight is 296 g/mol. The number of nitrogens with zero attached hydrogens (tertiary/aromatic N) is 3. The zero-order valence-electron chi connectivity index (χ0n) is 10.2. The molecule has 0 amide bonds. The summed E-state index contributed by atoms with van der Waals surface area (Å²) in [6.45, 7) is 3.70. The molecule has 0 saturated carbocycles. The van der Waals surface area contributed by atoms with Crippen molar-refractivity contribution in [1.29, 1.82) is 0 Å². The van der Waals surface area contributed by atoms with Crippen molar-refractivity contribution >= 4 is 29.3 Å². The second kappa shape index (κ2) is 5.54. The van der Waals surface area contributed by atoms with Crippen molar-refractivity contribution in [2.45, 2.75) is 24.0 Å². The molecule has 2 aromatic rings. The summed E-state index contributed by atoms with van der Waals surface area (Å²) in [5, 5.41) is 10.1. The van der Waals surface area contributed by atoms with Crippen molar-refractivity contribution in [2.24, 2.45) is 0 Å². The molecule has 0 aliphatic heterocycles. The molecule has 19 heavy (non-hydrogen) atoms. The van der Waals surface area contributed by atoms with E-state index in [1.807, 2.05) is 19.9 Å². The number of aromatic carboxylic acids is 1. The van der Waals surface area contributed by atoms with Gasteiger partial charge in [0.1, 0.15) is 10.2 Å². The summed E-state index contributed by atoms with van der Waals surface area (Å²) in [6.07, 6.45) is 0. The van der Waals surface area contributed by atoms with Crippen LogP contribution in [0.3, 0.4) is 0 Å². The molecule has 0 radical (unpaired) electrons. The first-order valence-electron chi connectivity index (χ1n) is 5.35. The van der Waals surface area contributed by atoms with E-state index in [0.717, 1.165) is 23.1 Å². The fraction of sp³-hybridized carbons (Fsp3) is 0.167. The van der Waals surface area contributed by atoms with Crippen molar-refractivity contribution in [3.63, 3.8) is 0 Å². The number of hydrogen-bond acceptors (Lipinski definition) is 5. The molecule has 0 aliphatic carbocycles. The highest BCUT2D eigenvalue weighted by Gasteiger charge is 2.15. The second-order valence-corrected chi connectivity index (χ2v) is 5.17. The van der Waals surface area contributed by atoms with Crippen LogP contribution in [-0.4, -0.2) is 26.0 Å². The first-order chi connectivity index (χ1) is 8.95. The van der Waals surface area contributed by atoms with Crippen LogP contribution in [0.25, 0.3) is 0 Å². The van der Waals surface area contributed by atoms with Crippen molar-refractivity contribution in [3.8, 4) is 0 Å². The molecule has 0 saturated heterocycles. The zero-order valence-corrected chi connectivity index (χ0v) is 11.8. The van der Waals surface area contributed by atoms with E-state index in [9.17, 15) is 4.79 Å². The Hall–Kier alpha value is -1.66. The molecule has 0 aromatic carbocycles. The van der Waals surface area contributed by atoms with E-state index in [0.29, 0.717) is 5.16 Å². The van der Waals surface area contributed by atoms with Crippen LogP contribution in [-0.2, 0) is 0 Å². The van der Waals surface area contributed by atoms with Gasteiger partial charge in [0.2, 0.25) is 0 Å². The monoisotopic (exact) mass is 295 g/mol. The lowest BCUT2D eigenvalue weighted by Gasteiger charge is -2.05. The van der Waals surface area contributed by atoms with Gasteiger partial charge in [-0.25, -0.2) is 19.7 Å². The molecule has 2 rings (SSSR count). The number of halogens is 1. The van der Waals surface area contributed by atoms with E-state index in [2.05, 4.69) is 15.0 Å². The summed E-state index contributed by atoms with van der Waals surface area (Å²) in [7, 11) is 0. The largest absolute Gasteiger partial charge is 0.478 e. The van der Waals surface area contributed by atoms with Gasteiger partial charge in [-0.15, -0.1) is 0 Å². The Morgan fingerprint density at radius 2 is 1.84 bits per heavy atom. The molecule has 0 bridgehead atoms. The van der Waals surface area contributed by atoms with Gasteiger partial charge in [0, 0.05) is 11.4 Å². The highest BCUT2D eigenvalue weighted by Crippen LogP contribution is 2.28. The first-order valence-corrected chi connectivity index (χ1v) is 6.55. The summed E-state index contributed by atoms with van der Waals surface area (Å²) < 4.78 is 0. The molecule has 2 aromatic heterocycles. The smallest absolute Gasteiger partial charge is 0.338 e. The van der Waals surface area contributed by atoms with E-state index >= 15 is 0 Å². The molecular formula is C12H10ClN3O2S. The molecule has 7 heteroatoms. The van der Waals surface area contributed by atoms with Crippen LogP contribution in [0, 0.1) is 13.8 Å². The molecule has 0 aliphatic rings. The number of hydrogen-bond donors (Lipinski definition) is 1. The Morgan fingerprint density at radius 3 is 2.42 bits per heavy atom. The molecule has 5 nitrogen and oxygen atoms in total. The van der Waals surface area contributed by atoms with Crippen LogP contribution in [0.2, 0.25) is 5.15 Å². The van der Waals surface area contributed by atoms with Gasteiger partial charge in [0.25, 0.3) is 0 Å². The van der Waals surface area contributed by atoms with Gasteiger partial charge in [-0.05, 0) is 43.8 Å². The minimum Gasteiger partial charge on any atom is -0.478 e. The number of carboxylic acids is 1. The Morgan fingerprint density at radius 1 is 1.21 bits per heavy atom. The van der Waals surface area contributed by atoms with Gasteiger partial charge in [0.05, 0.1) is 5.56 Å². The molecule has 0 fully saturated rings. The lowest BCUT2D eigenvalue weighted by atomic mass is 10.3. The average Bonchev–Trinajstić information content (AvgIpc) is 2.26. The van der Waals surface area contributed by atoms with Crippen molar-refractivity contribution in [1.82, 2.24) is 15.0 Å². The van der Waals surface area contributed by atoms with Crippen LogP contribution >= 0.6 is 23.4 Å². The van der Waals surface area contributed by atoms with E-state index < -0.39 is 5.97 Å². The van der Waals surface area contributed by atoms with E-state index in [1.54, 1.807) is 0 Å². The Kier molecular flexibility index (Phi) is 4.01. The van der Waals surface area contributed by atoms with Crippen LogP contribution in [0.5, 0.6) is 0 Å². The summed E-state index contributed by atoms with van der Waals surface area (Å²) >= 11 is 6.88. The van der Waals surface area contributed by atoms with E-state index in [1.165, 1.54) is 12.1 Å². The fourth-order valence-electron chi connectivity index (χ4n) is 1.48. The molecule has 98 valence electrons. The first kappa shape index (κ1) is 13.8. The van der Waals surface area contributed by atoms with E-state index in [4.69, 9.17) is 16.7 Å². The lowest BCUT2D eigenvalue weighted by Crippen LogP contribution is -2.02. The molecule has 2 heterocycles. The maximum absolute atomic E-state index is 11.1. The maximum Gasteiger partial charge on any atom is 0.338 e. The summed E-state index contributed by atoms with van der Waals surface area (Å²) in [6, 6.07) is 4.70. The summed E-state index contributed by atoms with van der Waals surface area (Å²) in [5.41, 5.74) is 1.71. The maximum atomic E-state index is 11.1. The van der Waals surface area contributed by atoms with Crippen molar-refractivity contribution in [3.05, 3.63) is 40.3 Å². The van der Waals surface area contributed by atoms with Crippen LogP contribution < -0.4 is 0 Å². The van der Waals surface area contributed by atoms with Crippen LogP contribution in [0.4, 0.5) is 0 Å². The molecular weight excluding hydrogens is 286 g/mol. The van der Waals surface area contributed by atoms with Gasteiger partial charge in [-0.3, -0.25) is 0 Å². The Labute approximate surface area is 119 Å². The minimum absolute atomic E-state index is 0.0807. The topological polar surface area (TPSA) is 76.0 Å². The molecule has 1 N–H and O–H groups in total. The zero-order chi connectivity index (χ0) is 14.0. The van der Waals surface area contributed by atoms with Crippen molar-refractivity contribution in [2.75, 3.05) is 0 Å². The minimum atomic E-state index is -1.06. The van der Waals surface area contributed by atoms with Gasteiger partial charge in [-0.1, -0.05) is 11.6 Å². The fourth-order valence-corrected chi connectivity index (χ4v) is 2.64. The normalized spacial score (nSPS) is 10.5. The van der Waals surface area contributed by atoms with Crippen LogP contribution in [0.15, 0.2) is 28.4 Å². The standard InChI is InChI=1S/C12H10ClN3O2S/c1-6-5-7(2)15-12(14-6)19-10-8(11(17)18)3-4-9(13)16-10/h3-5H,1-2H3,(H,17,18). The predicted octanol–water partition coefficient (Wildman–Crippen LogP) is 2.99. The SMILES string of the molecule is Cc1cc(C)nc(Sc2nc(Cl)ccc2C(=O)O)n1. The van der Waals surface area contributed by atoms with Gasteiger partial charge < -0.3 is 5.11 Å². The number of carbonyl (C=O) groups is 1. The number of carboxylic acid groups (broad SMARTS) is 1. The second-order valence-electron chi connectivity index (χ2n) is 3.83. The Balaban J connectivity index is 2.42. The number of aryl methyl sites for hydroxylation is 2. The van der Waals surface area contributed by atoms with E-state index in [-0.39, 0.29) is 15.7 Å². The molecule has 0 spiro atoms.